The molecule has 3 rings (SSSR count). The molecule has 28 heavy (non-hydrogen) atoms. The van der Waals surface area contributed by atoms with Crippen LogP contribution < -0.4 is 5.73 Å². The summed E-state index contributed by atoms with van der Waals surface area (Å²) in [5.41, 5.74) is 8.93. The molecule has 0 spiro atoms. The summed E-state index contributed by atoms with van der Waals surface area (Å²) in [5.74, 6) is 0.165. The van der Waals surface area contributed by atoms with Gasteiger partial charge in [-0.05, 0) is 68.7 Å². The van der Waals surface area contributed by atoms with Gasteiger partial charge in [-0.3, -0.25) is 9.59 Å². The fourth-order valence-corrected chi connectivity index (χ4v) is 4.03. The van der Waals surface area contributed by atoms with Gasteiger partial charge in [0.05, 0.1) is 6.10 Å². The third kappa shape index (κ3) is 6.29. The van der Waals surface area contributed by atoms with E-state index >= 15 is 0 Å². The smallest absolute Gasteiger partial charge is 0.223 e. The SMILES string of the molecule is Cl.NCCCOC1CCN(C(=O)CCC(=O)c2ccc3c(c2)CCCC3)CC1. The fraction of sp³-hybridized carbons (Fsp3) is 0.636. The van der Waals surface area contributed by atoms with Gasteiger partial charge in [0, 0.05) is 38.1 Å². The highest BCUT2D eigenvalue weighted by Crippen LogP contribution is 2.23. The lowest BCUT2D eigenvalue weighted by molar-refractivity contribution is -0.133. The van der Waals surface area contributed by atoms with Crippen molar-refractivity contribution in [1.82, 2.24) is 4.90 Å². The summed E-state index contributed by atoms with van der Waals surface area (Å²) in [7, 11) is 0. The molecule has 0 radical (unpaired) electrons. The molecule has 1 aliphatic heterocycles. The second kappa shape index (κ2) is 11.5. The first-order chi connectivity index (χ1) is 13.2. The number of hydrogen-bond acceptors (Lipinski definition) is 4. The fourth-order valence-electron chi connectivity index (χ4n) is 4.03. The lowest BCUT2D eigenvalue weighted by atomic mass is 9.89. The highest BCUT2D eigenvalue weighted by atomic mass is 35.5. The van der Waals surface area contributed by atoms with E-state index in [4.69, 9.17) is 10.5 Å². The molecule has 1 saturated heterocycles. The minimum Gasteiger partial charge on any atom is -0.378 e. The zero-order chi connectivity index (χ0) is 19.1. The van der Waals surface area contributed by atoms with Gasteiger partial charge in [-0.25, -0.2) is 0 Å². The van der Waals surface area contributed by atoms with Crippen molar-refractivity contribution >= 4 is 24.1 Å². The molecule has 0 bridgehead atoms. The van der Waals surface area contributed by atoms with E-state index in [1.54, 1.807) is 0 Å². The Balaban J connectivity index is 0.00000280. The van der Waals surface area contributed by atoms with Crippen LogP contribution >= 0.6 is 12.4 Å². The van der Waals surface area contributed by atoms with Gasteiger partial charge in [0.15, 0.2) is 5.78 Å². The molecule has 1 aliphatic carbocycles. The second-order valence-corrected chi connectivity index (χ2v) is 7.71. The maximum absolute atomic E-state index is 12.5. The number of hydrogen-bond donors (Lipinski definition) is 1. The summed E-state index contributed by atoms with van der Waals surface area (Å²) in [5, 5.41) is 0. The standard InChI is InChI=1S/C22H32N2O3.ClH/c23-12-3-15-27-20-10-13-24(14-11-20)22(26)9-8-21(25)19-7-6-17-4-1-2-5-18(17)16-19;/h6-7,16,20H,1-5,8-15,23H2;1H. The topological polar surface area (TPSA) is 72.6 Å². The number of aryl methyl sites for hydroxylation is 2. The Morgan fingerprint density at radius 1 is 1.07 bits per heavy atom. The number of Topliss-reactive ketones (excluding diaryl/α,β-unsaturated/α-hetero) is 1. The van der Waals surface area contributed by atoms with Gasteiger partial charge in [0.1, 0.15) is 0 Å². The number of halogens is 1. The number of rotatable bonds is 8. The van der Waals surface area contributed by atoms with Crippen molar-refractivity contribution in [3.05, 3.63) is 34.9 Å². The van der Waals surface area contributed by atoms with Crippen molar-refractivity contribution in [3.63, 3.8) is 0 Å². The van der Waals surface area contributed by atoms with Crippen molar-refractivity contribution in [2.45, 2.75) is 63.9 Å². The summed E-state index contributed by atoms with van der Waals surface area (Å²) >= 11 is 0. The van der Waals surface area contributed by atoms with Gasteiger partial charge in [-0.1, -0.05) is 12.1 Å². The summed E-state index contributed by atoms with van der Waals surface area (Å²) in [6.45, 7) is 2.79. The monoisotopic (exact) mass is 408 g/mol. The van der Waals surface area contributed by atoms with Crippen LogP contribution in [-0.2, 0) is 22.4 Å². The maximum Gasteiger partial charge on any atom is 0.223 e. The number of ketones is 1. The normalized spacial score (nSPS) is 17.0. The van der Waals surface area contributed by atoms with E-state index in [2.05, 4.69) is 6.07 Å². The van der Waals surface area contributed by atoms with Crippen LogP contribution in [0.2, 0.25) is 0 Å². The molecule has 0 unspecified atom stereocenters. The highest BCUT2D eigenvalue weighted by Gasteiger charge is 2.23. The maximum atomic E-state index is 12.5. The lowest BCUT2D eigenvalue weighted by Crippen LogP contribution is -2.41. The average Bonchev–Trinajstić information content (AvgIpc) is 2.72. The minimum atomic E-state index is 0. The van der Waals surface area contributed by atoms with E-state index in [0.717, 1.165) is 50.8 Å². The van der Waals surface area contributed by atoms with E-state index < -0.39 is 0 Å². The van der Waals surface area contributed by atoms with Crippen molar-refractivity contribution in [2.24, 2.45) is 5.73 Å². The third-order valence-corrected chi connectivity index (χ3v) is 5.73. The van der Waals surface area contributed by atoms with E-state index in [1.807, 2.05) is 17.0 Å². The molecular weight excluding hydrogens is 376 g/mol. The number of piperidine rings is 1. The van der Waals surface area contributed by atoms with Crippen LogP contribution in [0.5, 0.6) is 0 Å². The van der Waals surface area contributed by atoms with Gasteiger partial charge in [0.25, 0.3) is 0 Å². The number of nitrogens with two attached hydrogens (primary N) is 1. The number of nitrogens with zero attached hydrogens (tertiary/aromatic N) is 1. The Kier molecular flexibility index (Phi) is 9.42. The van der Waals surface area contributed by atoms with Crippen molar-refractivity contribution in [1.29, 1.82) is 0 Å². The van der Waals surface area contributed by atoms with Crippen LogP contribution in [0.25, 0.3) is 0 Å². The molecule has 5 nitrogen and oxygen atoms in total. The third-order valence-electron chi connectivity index (χ3n) is 5.73. The number of fused-ring (bicyclic) bond motifs is 1. The lowest BCUT2D eigenvalue weighted by Gasteiger charge is -2.32. The quantitative estimate of drug-likeness (QED) is 0.529. The van der Waals surface area contributed by atoms with Gasteiger partial charge in [-0.15, -0.1) is 12.4 Å². The first kappa shape index (κ1) is 22.9. The van der Waals surface area contributed by atoms with Crippen LogP contribution in [0.4, 0.5) is 0 Å². The van der Waals surface area contributed by atoms with Crippen LogP contribution in [0, 0.1) is 0 Å². The van der Waals surface area contributed by atoms with Gasteiger partial charge >= 0.3 is 0 Å². The zero-order valence-electron chi connectivity index (χ0n) is 16.7. The predicted octanol–water partition coefficient (Wildman–Crippen LogP) is 3.31. The molecule has 0 aromatic heterocycles. The van der Waals surface area contributed by atoms with Crippen LogP contribution in [0.15, 0.2) is 18.2 Å². The largest absolute Gasteiger partial charge is 0.378 e. The van der Waals surface area contributed by atoms with Crippen molar-refractivity contribution in [3.8, 4) is 0 Å². The van der Waals surface area contributed by atoms with Gasteiger partial charge < -0.3 is 15.4 Å². The summed E-state index contributed by atoms with van der Waals surface area (Å²) in [4.78, 5) is 26.8. The number of ether oxygens (including phenoxy) is 1. The van der Waals surface area contributed by atoms with E-state index in [0.29, 0.717) is 26.0 Å². The first-order valence-corrected chi connectivity index (χ1v) is 10.4. The molecule has 2 aliphatic rings. The molecule has 2 N–H and O–H groups in total. The summed E-state index contributed by atoms with van der Waals surface area (Å²) < 4.78 is 5.78. The number of likely N-dealkylation sites (tertiary alicyclic amines) is 1. The molecule has 1 aromatic rings. The predicted molar refractivity (Wildman–Crippen MR) is 113 cm³/mol. The summed E-state index contributed by atoms with van der Waals surface area (Å²) in [6.07, 6.45) is 8.08. The molecule has 6 heteroatoms. The molecule has 1 heterocycles. The van der Waals surface area contributed by atoms with Crippen LogP contribution in [0.1, 0.15) is 66.4 Å². The zero-order valence-corrected chi connectivity index (χ0v) is 17.5. The molecular formula is C22H33ClN2O3. The second-order valence-electron chi connectivity index (χ2n) is 7.71. The Morgan fingerprint density at radius 3 is 2.50 bits per heavy atom. The Labute approximate surface area is 174 Å². The molecule has 1 amide bonds. The molecule has 1 aromatic carbocycles. The Bertz CT molecular complexity index is 657. The Hall–Kier alpha value is -1.43. The van der Waals surface area contributed by atoms with Crippen LogP contribution in [0.3, 0.4) is 0 Å². The van der Waals surface area contributed by atoms with E-state index in [9.17, 15) is 9.59 Å². The van der Waals surface area contributed by atoms with Crippen molar-refractivity contribution < 1.29 is 14.3 Å². The van der Waals surface area contributed by atoms with Gasteiger partial charge in [0.2, 0.25) is 5.91 Å². The van der Waals surface area contributed by atoms with Crippen LogP contribution in [-0.4, -0.2) is 48.9 Å². The number of amides is 1. The average molecular weight is 409 g/mol. The number of carbonyl (C=O) groups excluding carboxylic acids is 2. The molecule has 0 atom stereocenters. The van der Waals surface area contributed by atoms with Crippen molar-refractivity contribution in [2.75, 3.05) is 26.2 Å². The first-order valence-electron chi connectivity index (χ1n) is 10.4. The minimum absolute atomic E-state index is 0. The molecule has 1 fully saturated rings. The number of benzene rings is 1. The highest BCUT2D eigenvalue weighted by molar-refractivity contribution is 5.98. The molecule has 0 saturated carbocycles. The van der Waals surface area contributed by atoms with E-state index in [1.165, 1.54) is 24.0 Å². The Morgan fingerprint density at radius 2 is 1.79 bits per heavy atom. The number of carbonyl (C=O) groups is 2. The molecule has 156 valence electrons. The van der Waals surface area contributed by atoms with Gasteiger partial charge in [-0.2, -0.15) is 0 Å². The summed E-state index contributed by atoms with van der Waals surface area (Å²) in [6, 6.07) is 6.08. The van der Waals surface area contributed by atoms with E-state index in [-0.39, 0.29) is 30.2 Å².